The molecule has 0 saturated carbocycles. The number of carbonyl (C=O) groups is 1. The number of hydrogen-bond acceptors (Lipinski definition) is 2. The molecule has 1 fully saturated rings. The van der Waals surface area contributed by atoms with E-state index in [-0.39, 0.29) is 0 Å². The summed E-state index contributed by atoms with van der Waals surface area (Å²) in [6.45, 7) is 4.60. The number of benzene rings is 1. The third-order valence-electron chi connectivity index (χ3n) is 4.30. The molecule has 104 valence electrons. The molecule has 0 amide bonds. The quantitative estimate of drug-likeness (QED) is 0.920. The molecule has 1 aromatic carbocycles. The Kier molecular flexibility index (Phi) is 4.63. The van der Waals surface area contributed by atoms with Crippen molar-refractivity contribution in [2.75, 3.05) is 13.1 Å². The predicted molar refractivity (Wildman–Crippen MR) is 79.0 cm³/mol. The first-order chi connectivity index (χ1) is 9.07. The van der Waals surface area contributed by atoms with Gasteiger partial charge in [0.25, 0.3) is 0 Å². The number of rotatable bonds is 4. The summed E-state index contributed by atoms with van der Waals surface area (Å²) in [5.41, 5.74) is 0.770. The number of piperidine rings is 1. The summed E-state index contributed by atoms with van der Waals surface area (Å²) in [6.07, 6.45) is 2.23. The van der Waals surface area contributed by atoms with Crippen LogP contribution < -0.4 is 0 Å². The van der Waals surface area contributed by atoms with Gasteiger partial charge >= 0.3 is 5.97 Å². The minimum atomic E-state index is -0.629. The van der Waals surface area contributed by atoms with Crippen molar-refractivity contribution >= 4 is 21.9 Å². The molecule has 0 atom stereocenters. The van der Waals surface area contributed by atoms with Crippen molar-refractivity contribution in [1.29, 1.82) is 0 Å². The summed E-state index contributed by atoms with van der Waals surface area (Å²) < 4.78 is 1.13. The van der Waals surface area contributed by atoms with Crippen molar-refractivity contribution in [3.05, 3.63) is 34.3 Å². The lowest BCUT2D eigenvalue weighted by atomic mass is 9.76. The topological polar surface area (TPSA) is 40.5 Å². The number of halogens is 1. The molecule has 2 rings (SSSR count). The fourth-order valence-electron chi connectivity index (χ4n) is 2.73. The molecule has 0 spiro atoms. The standard InChI is InChI=1S/C15H20BrNO2/c1-2-15(14(18)19)7-9-17(10-8-15)11-12-5-3-4-6-13(12)16/h3-6H,2,7-11H2,1H3,(H,18,19). The van der Waals surface area contributed by atoms with Gasteiger partial charge in [-0.15, -0.1) is 0 Å². The Morgan fingerprint density at radius 1 is 1.37 bits per heavy atom. The molecule has 0 bridgehead atoms. The van der Waals surface area contributed by atoms with Gasteiger partial charge in [-0.05, 0) is 44.0 Å². The van der Waals surface area contributed by atoms with E-state index in [0.29, 0.717) is 0 Å². The minimum absolute atomic E-state index is 0.496. The van der Waals surface area contributed by atoms with Gasteiger partial charge in [-0.25, -0.2) is 0 Å². The van der Waals surface area contributed by atoms with Crippen LogP contribution in [-0.2, 0) is 11.3 Å². The summed E-state index contributed by atoms with van der Waals surface area (Å²) in [7, 11) is 0. The van der Waals surface area contributed by atoms with Crippen LogP contribution in [0.1, 0.15) is 31.7 Å². The summed E-state index contributed by atoms with van der Waals surface area (Å²) in [4.78, 5) is 13.7. The highest BCUT2D eigenvalue weighted by atomic mass is 79.9. The highest BCUT2D eigenvalue weighted by Gasteiger charge is 2.39. The van der Waals surface area contributed by atoms with E-state index in [4.69, 9.17) is 0 Å². The molecule has 0 radical (unpaired) electrons. The largest absolute Gasteiger partial charge is 0.481 e. The minimum Gasteiger partial charge on any atom is -0.481 e. The molecule has 1 aliphatic rings. The zero-order valence-electron chi connectivity index (χ0n) is 11.2. The zero-order valence-corrected chi connectivity index (χ0v) is 12.8. The Bertz CT molecular complexity index is 453. The molecular formula is C15H20BrNO2. The average molecular weight is 326 g/mol. The molecular weight excluding hydrogens is 306 g/mol. The van der Waals surface area contributed by atoms with Crippen molar-refractivity contribution in [1.82, 2.24) is 4.90 Å². The van der Waals surface area contributed by atoms with Crippen LogP contribution in [0, 0.1) is 5.41 Å². The molecule has 0 unspecified atom stereocenters. The molecule has 1 N–H and O–H groups in total. The molecule has 19 heavy (non-hydrogen) atoms. The number of likely N-dealkylation sites (tertiary alicyclic amines) is 1. The van der Waals surface area contributed by atoms with Crippen LogP contribution >= 0.6 is 15.9 Å². The fourth-order valence-corrected chi connectivity index (χ4v) is 3.14. The van der Waals surface area contributed by atoms with Crippen molar-refractivity contribution in [2.45, 2.75) is 32.7 Å². The van der Waals surface area contributed by atoms with E-state index < -0.39 is 11.4 Å². The van der Waals surface area contributed by atoms with Crippen LogP contribution in [0.15, 0.2) is 28.7 Å². The molecule has 1 aliphatic heterocycles. The molecule has 3 nitrogen and oxygen atoms in total. The lowest BCUT2D eigenvalue weighted by Gasteiger charge is -2.38. The van der Waals surface area contributed by atoms with Gasteiger partial charge in [-0.3, -0.25) is 9.69 Å². The number of hydrogen-bond donors (Lipinski definition) is 1. The second-order valence-electron chi connectivity index (χ2n) is 5.31. The molecule has 0 aliphatic carbocycles. The van der Waals surface area contributed by atoms with Crippen molar-refractivity contribution in [3.8, 4) is 0 Å². The summed E-state index contributed by atoms with van der Waals surface area (Å²) in [5.74, 6) is -0.629. The second kappa shape index (κ2) is 6.06. The third kappa shape index (κ3) is 3.18. The average Bonchev–Trinajstić information content (AvgIpc) is 2.42. The van der Waals surface area contributed by atoms with Crippen LogP contribution in [0.2, 0.25) is 0 Å². The SMILES string of the molecule is CCC1(C(=O)O)CCN(Cc2ccccc2Br)CC1. The normalized spacial score (nSPS) is 19.3. The van der Waals surface area contributed by atoms with E-state index in [9.17, 15) is 9.90 Å². The van der Waals surface area contributed by atoms with Crippen LogP contribution in [0.3, 0.4) is 0 Å². The first-order valence-electron chi connectivity index (χ1n) is 6.76. The predicted octanol–water partition coefficient (Wildman–Crippen LogP) is 3.53. The van der Waals surface area contributed by atoms with Crippen LogP contribution in [0.4, 0.5) is 0 Å². The Hall–Kier alpha value is -0.870. The van der Waals surface area contributed by atoms with E-state index in [2.05, 4.69) is 26.9 Å². The van der Waals surface area contributed by atoms with Crippen LogP contribution in [0.5, 0.6) is 0 Å². The van der Waals surface area contributed by atoms with Crippen molar-refractivity contribution in [3.63, 3.8) is 0 Å². The van der Waals surface area contributed by atoms with Gasteiger partial charge in [0.1, 0.15) is 0 Å². The number of nitrogens with zero attached hydrogens (tertiary/aromatic N) is 1. The first kappa shape index (κ1) is 14.5. The third-order valence-corrected chi connectivity index (χ3v) is 5.07. The van der Waals surface area contributed by atoms with Gasteiger partial charge in [-0.2, -0.15) is 0 Å². The maximum atomic E-state index is 11.4. The molecule has 4 heteroatoms. The van der Waals surface area contributed by atoms with E-state index >= 15 is 0 Å². The summed E-state index contributed by atoms with van der Waals surface area (Å²) in [6, 6.07) is 8.21. The smallest absolute Gasteiger partial charge is 0.309 e. The fraction of sp³-hybridized carbons (Fsp3) is 0.533. The van der Waals surface area contributed by atoms with Crippen molar-refractivity contribution in [2.24, 2.45) is 5.41 Å². The van der Waals surface area contributed by atoms with Crippen LogP contribution in [-0.4, -0.2) is 29.1 Å². The van der Waals surface area contributed by atoms with Gasteiger partial charge in [0.2, 0.25) is 0 Å². The Balaban J connectivity index is 1.97. The monoisotopic (exact) mass is 325 g/mol. The second-order valence-corrected chi connectivity index (χ2v) is 6.16. The number of aliphatic carboxylic acids is 1. The van der Waals surface area contributed by atoms with Crippen molar-refractivity contribution < 1.29 is 9.90 Å². The molecule has 1 heterocycles. The molecule has 1 saturated heterocycles. The van der Waals surface area contributed by atoms with Gasteiger partial charge in [0.05, 0.1) is 5.41 Å². The van der Waals surface area contributed by atoms with Gasteiger partial charge < -0.3 is 5.11 Å². The Labute approximate surface area is 122 Å². The Morgan fingerprint density at radius 3 is 2.53 bits per heavy atom. The number of carboxylic acids is 1. The lowest BCUT2D eigenvalue weighted by Crippen LogP contribution is -2.43. The Morgan fingerprint density at radius 2 is 2.00 bits per heavy atom. The maximum absolute atomic E-state index is 11.4. The molecule has 0 aromatic heterocycles. The van der Waals surface area contributed by atoms with Crippen LogP contribution in [0.25, 0.3) is 0 Å². The summed E-state index contributed by atoms with van der Waals surface area (Å²) >= 11 is 3.56. The zero-order chi connectivity index (χ0) is 13.9. The lowest BCUT2D eigenvalue weighted by molar-refractivity contribution is -0.152. The first-order valence-corrected chi connectivity index (χ1v) is 7.56. The van der Waals surface area contributed by atoms with Gasteiger partial charge in [0, 0.05) is 11.0 Å². The van der Waals surface area contributed by atoms with E-state index in [1.54, 1.807) is 0 Å². The maximum Gasteiger partial charge on any atom is 0.309 e. The van der Waals surface area contributed by atoms with E-state index in [1.807, 2.05) is 25.1 Å². The van der Waals surface area contributed by atoms with Gasteiger partial charge in [-0.1, -0.05) is 41.1 Å². The number of carboxylic acid groups (broad SMARTS) is 1. The van der Waals surface area contributed by atoms with E-state index in [0.717, 1.165) is 43.4 Å². The highest BCUT2D eigenvalue weighted by Crippen LogP contribution is 2.35. The van der Waals surface area contributed by atoms with Gasteiger partial charge in [0.15, 0.2) is 0 Å². The van der Waals surface area contributed by atoms with E-state index in [1.165, 1.54) is 5.56 Å². The molecule has 1 aromatic rings. The summed E-state index contributed by atoms with van der Waals surface area (Å²) in [5, 5.41) is 9.38. The highest BCUT2D eigenvalue weighted by molar-refractivity contribution is 9.10.